The van der Waals surface area contributed by atoms with Crippen molar-refractivity contribution in [3.63, 3.8) is 0 Å². The first-order valence-electron chi connectivity index (χ1n) is 2.49. The van der Waals surface area contributed by atoms with Crippen LogP contribution < -0.4 is 10.6 Å². The minimum atomic E-state index is -0.000370. The van der Waals surface area contributed by atoms with Gasteiger partial charge in [-0.2, -0.15) is 0 Å². The summed E-state index contributed by atoms with van der Waals surface area (Å²) in [4.78, 5) is 0. The molecule has 0 aliphatic rings. The van der Waals surface area contributed by atoms with E-state index in [1.807, 2.05) is 14.0 Å². The summed E-state index contributed by atoms with van der Waals surface area (Å²) in [6.07, 6.45) is 3.54. The Bertz CT molecular complexity index is 70.8. The third-order valence-corrected chi connectivity index (χ3v) is 0.702. The van der Waals surface area contributed by atoms with Gasteiger partial charge in [0.25, 0.3) is 0 Å². The van der Waals surface area contributed by atoms with Gasteiger partial charge in [-0.15, -0.1) is 0 Å². The van der Waals surface area contributed by atoms with Crippen molar-refractivity contribution in [1.29, 1.82) is 0 Å². The Kier molecular flexibility index (Phi) is 4.56. The molecule has 0 saturated carbocycles. The standard InChI is InChI=1S/C5H11ClN2/c1-5(6)8-4-3-7-2/h3-5,7-8H,1-2H3/b4-3+. The number of nitrogens with one attached hydrogen (secondary N) is 2. The zero-order valence-electron chi connectivity index (χ0n) is 5.11. The first kappa shape index (κ1) is 7.63. The average Bonchev–Trinajstić information content (AvgIpc) is 1.66. The quantitative estimate of drug-likeness (QED) is 0.442. The molecule has 2 nitrogen and oxygen atoms in total. The van der Waals surface area contributed by atoms with Crippen molar-refractivity contribution in [3.05, 3.63) is 12.4 Å². The van der Waals surface area contributed by atoms with Crippen molar-refractivity contribution in [2.24, 2.45) is 0 Å². The normalized spacial score (nSPS) is 13.9. The monoisotopic (exact) mass is 134 g/mol. The number of halogens is 1. The molecule has 0 heterocycles. The van der Waals surface area contributed by atoms with E-state index in [1.54, 1.807) is 12.4 Å². The maximum absolute atomic E-state index is 5.52. The summed E-state index contributed by atoms with van der Waals surface area (Å²) in [6, 6.07) is 0. The Balaban J connectivity index is 3.03. The van der Waals surface area contributed by atoms with Gasteiger partial charge >= 0.3 is 0 Å². The van der Waals surface area contributed by atoms with Gasteiger partial charge in [-0.05, 0) is 6.92 Å². The van der Waals surface area contributed by atoms with E-state index < -0.39 is 0 Å². The highest BCUT2D eigenvalue weighted by atomic mass is 35.5. The van der Waals surface area contributed by atoms with Crippen LogP contribution in [-0.4, -0.2) is 12.5 Å². The molecule has 0 saturated heterocycles. The second-order valence-corrected chi connectivity index (χ2v) is 2.06. The third-order valence-electron chi connectivity index (χ3n) is 0.576. The van der Waals surface area contributed by atoms with Crippen molar-refractivity contribution in [2.45, 2.75) is 12.4 Å². The van der Waals surface area contributed by atoms with Crippen molar-refractivity contribution in [3.8, 4) is 0 Å². The van der Waals surface area contributed by atoms with Crippen LogP contribution >= 0.6 is 11.6 Å². The minimum absolute atomic E-state index is 0.000370. The highest BCUT2D eigenvalue weighted by Gasteiger charge is 1.83. The van der Waals surface area contributed by atoms with Crippen LogP contribution in [0.5, 0.6) is 0 Å². The number of alkyl halides is 1. The third kappa shape index (κ3) is 5.63. The predicted octanol–water partition coefficient (Wildman–Crippen LogP) is 0.851. The van der Waals surface area contributed by atoms with E-state index in [9.17, 15) is 0 Å². The lowest BCUT2D eigenvalue weighted by molar-refractivity contribution is 0.835. The Morgan fingerprint density at radius 3 is 2.50 bits per heavy atom. The molecule has 0 aliphatic carbocycles. The van der Waals surface area contributed by atoms with Crippen LogP contribution in [0.2, 0.25) is 0 Å². The first-order chi connectivity index (χ1) is 3.77. The number of rotatable bonds is 3. The molecule has 0 radical (unpaired) electrons. The van der Waals surface area contributed by atoms with Crippen LogP contribution in [0, 0.1) is 0 Å². The lowest BCUT2D eigenvalue weighted by atomic mass is 10.7. The molecule has 8 heavy (non-hydrogen) atoms. The Labute approximate surface area is 54.9 Å². The molecule has 0 aromatic rings. The molecule has 0 amide bonds. The highest BCUT2D eigenvalue weighted by molar-refractivity contribution is 6.20. The summed E-state index contributed by atoms with van der Waals surface area (Å²) in [6.45, 7) is 1.86. The maximum Gasteiger partial charge on any atom is 0.0980 e. The van der Waals surface area contributed by atoms with Gasteiger partial charge in [0.1, 0.15) is 0 Å². The predicted molar refractivity (Wildman–Crippen MR) is 36.7 cm³/mol. The first-order valence-corrected chi connectivity index (χ1v) is 2.93. The van der Waals surface area contributed by atoms with Gasteiger partial charge in [-0.25, -0.2) is 0 Å². The molecule has 0 aromatic heterocycles. The zero-order valence-corrected chi connectivity index (χ0v) is 5.87. The van der Waals surface area contributed by atoms with Gasteiger partial charge in [-0.1, -0.05) is 11.6 Å². The summed E-state index contributed by atoms with van der Waals surface area (Å²) in [5.74, 6) is 0. The van der Waals surface area contributed by atoms with Crippen molar-refractivity contribution in [2.75, 3.05) is 7.05 Å². The maximum atomic E-state index is 5.52. The van der Waals surface area contributed by atoms with Gasteiger partial charge in [0.15, 0.2) is 0 Å². The molecule has 2 N–H and O–H groups in total. The summed E-state index contributed by atoms with van der Waals surface area (Å²) in [5, 5.41) is 5.69. The van der Waals surface area contributed by atoms with Crippen LogP contribution in [0.1, 0.15) is 6.92 Å². The topological polar surface area (TPSA) is 24.1 Å². The van der Waals surface area contributed by atoms with E-state index in [2.05, 4.69) is 10.6 Å². The molecular formula is C5H11ClN2. The minimum Gasteiger partial charge on any atom is -0.393 e. The molecule has 0 bridgehead atoms. The van der Waals surface area contributed by atoms with E-state index in [0.717, 1.165) is 0 Å². The van der Waals surface area contributed by atoms with E-state index >= 15 is 0 Å². The van der Waals surface area contributed by atoms with Crippen LogP contribution in [0.15, 0.2) is 12.4 Å². The summed E-state index contributed by atoms with van der Waals surface area (Å²) in [7, 11) is 1.83. The molecule has 0 aromatic carbocycles. The van der Waals surface area contributed by atoms with Crippen molar-refractivity contribution < 1.29 is 0 Å². The highest BCUT2D eigenvalue weighted by Crippen LogP contribution is 1.84. The van der Waals surface area contributed by atoms with Gasteiger partial charge in [0, 0.05) is 19.4 Å². The SMILES string of the molecule is CN/C=C/NC(C)Cl. The average molecular weight is 135 g/mol. The lowest BCUT2D eigenvalue weighted by Gasteiger charge is -1.98. The Morgan fingerprint density at radius 2 is 2.12 bits per heavy atom. The molecule has 48 valence electrons. The van der Waals surface area contributed by atoms with Crippen LogP contribution in [0.25, 0.3) is 0 Å². The van der Waals surface area contributed by atoms with Crippen LogP contribution in [-0.2, 0) is 0 Å². The van der Waals surface area contributed by atoms with Gasteiger partial charge in [-0.3, -0.25) is 0 Å². The smallest absolute Gasteiger partial charge is 0.0980 e. The summed E-state index contributed by atoms with van der Waals surface area (Å²) in [5.41, 5.74) is -0.000370. The second-order valence-electron chi connectivity index (χ2n) is 1.40. The summed E-state index contributed by atoms with van der Waals surface area (Å²) < 4.78 is 0. The van der Waals surface area contributed by atoms with Crippen molar-refractivity contribution in [1.82, 2.24) is 10.6 Å². The van der Waals surface area contributed by atoms with Crippen LogP contribution in [0.3, 0.4) is 0 Å². The molecular weight excluding hydrogens is 124 g/mol. The molecule has 0 rings (SSSR count). The van der Waals surface area contributed by atoms with Gasteiger partial charge < -0.3 is 10.6 Å². The van der Waals surface area contributed by atoms with E-state index in [-0.39, 0.29) is 5.50 Å². The van der Waals surface area contributed by atoms with E-state index in [0.29, 0.717) is 0 Å². The molecule has 0 spiro atoms. The zero-order chi connectivity index (χ0) is 6.41. The Morgan fingerprint density at radius 1 is 1.50 bits per heavy atom. The van der Waals surface area contributed by atoms with Crippen LogP contribution in [0.4, 0.5) is 0 Å². The fourth-order valence-electron chi connectivity index (χ4n) is 0.264. The lowest BCUT2D eigenvalue weighted by Crippen LogP contribution is -2.13. The molecule has 3 heteroatoms. The second kappa shape index (κ2) is 4.78. The Hall–Kier alpha value is -0.370. The van der Waals surface area contributed by atoms with Gasteiger partial charge in [0.2, 0.25) is 0 Å². The van der Waals surface area contributed by atoms with E-state index in [1.165, 1.54) is 0 Å². The van der Waals surface area contributed by atoms with Gasteiger partial charge in [0.05, 0.1) is 5.50 Å². The largest absolute Gasteiger partial charge is 0.393 e. The number of hydrogen-bond donors (Lipinski definition) is 2. The summed E-state index contributed by atoms with van der Waals surface area (Å²) >= 11 is 5.52. The molecule has 0 fully saturated rings. The number of hydrogen-bond acceptors (Lipinski definition) is 2. The fraction of sp³-hybridized carbons (Fsp3) is 0.600. The van der Waals surface area contributed by atoms with Crippen molar-refractivity contribution >= 4 is 11.6 Å². The fourth-order valence-corrected chi connectivity index (χ4v) is 0.337. The molecule has 1 unspecified atom stereocenters. The molecule has 1 atom stereocenters. The molecule has 0 aliphatic heterocycles. The van der Waals surface area contributed by atoms with E-state index in [4.69, 9.17) is 11.6 Å².